The fourth-order valence-electron chi connectivity index (χ4n) is 3.93. The SMILES string of the molecule is CCCC[N+](C)(CCCC)CC(=O)NC1CCC(=O)N(CC(=O)c2ccccc2)C1=O.[I-]. The molecule has 1 unspecified atom stereocenters. The number of benzene rings is 1. The van der Waals surface area contributed by atoms with Gasteiger partial charge in [-0.25, -0.2) is 0 Å². The van der Waals surface area contributed by atoms with Crippen LogP contribution in [0.5, 0.6) is 0 Å². The van der Waals surface area contributed by atoms with Gasteiger partial charge in [0.2, 0.25) is 5.91 Å². The Balaban J connectivity index is 0.00000512. The summed E-state index contributed by atoms with van der Waals surface area (Å²) in [6.45, 7) is 6.10. The number of hydrogen-bond donors (Lipinski definition) is 1. The highest BCUT2D eigenvalue weighted by Crippen LogP contribution is 2.15. The van der Waals surface area contributed by atoms with Crippen LogP contribution in [-0.2, 0) is 14.4 Å². The predicted molar refractivity (Wildman–Crippen MR) is 119 cm³/mol. The fourth-order valence-corrected chi connectivity index (χ4v) is 3.93. The number of nitrogens with zero attached hydrogens (tertiary/aromatic N) is 2. The minimum Gasteiger partial charge on any atom is -1.00 e. The van der Waals surface area contributed by atoms with E-state index in [-0.39, 0.29) is 61.0 Å². The van der Waals surface area contributed by atoms with Gasteiger partial charge in [-0.2, -0.15) is 0 Å². The van der Waals surface area contributed by atoms with Crippen LogP contribution in [0.15, 0.2) is 30.3 Å². The van der Waals surface area contributed by atoms with Crippen LogP contribution in [0.4, 0.5) is 0 Å². The number of hydrogen-bond acceptors (Lipinski definition) is 4. The van der Waals surface area contributed by atoms with Gasteiger partial charge in [-0.3, -0.25) is 24.1 Å². The van der Waals surface area contributed by atoms with Crippen LogP contribution in [0.1, 0.15) is 62.7 Å². The van der Waals surface area contributed by atoms with E-state index >= 15 is 0 Å². The average molecular weight is 557 g/mol. The molecule has 1 saturated heterocycles. The summed E-state index contributed by atoms with van der Waals surface area (Å²) in [6, 6.07) is 7.83. The molecule has 1 aliphatic heterocycles. The molecule has 3 amide bonds. The third kappa shape index (κ3) is 8.27. The van der Waals surface area contributed by atoms with Gasteiger partial charge in [0, 0.05) is 12.0 Å². The van der Waals surface area contributed by atoms with Crippen molar-refractivity contribution in [1.29, 1.82) is 0 Å². The van der Waals surface area contributed by atoms with E-state index < -0.39 is 11.9 Å². The molecule has 0 aliphatic carbocycles. The monoisotopic (exact) mass is 557 g/mol. The number of piperidine rings is 1. The first-order valence-electron chi connectivity index (χ1n) is 11.3. The number of carbonyl (C=O) groups is 4. The number of likely N-dealkylation sites (tertiary alicyclic amines) is 1. The number of quaternary nitrogens is 1. The number of imide groups is 1. The second-order valence-electron chi connectivity index (χ2n) is 8.70. The Morgan fingerprint density at radius 1 is 1.06 bits per heavy atom. The van der Waals surface area contributed by atoms with E-state index in [1.165, 1.54) is 0 Å². The number of rotatable bonds is 12. The van der Waals surface area contributed by atoms with Crippen LogP contribution in [0.3, 0.4) is 0 Å². The van der Waals surface area contributed by atoms with Gasteiger partial charge < -0.3 is 33.8 Å². The van der Waals surface area contributed by atoms with Crippen molar-refractivity contribution in [2.45, 2.75) is 58.4 Å². The van der Waals surface area contributed by atoms with Crippen LogP contribution in [0, 0.1) is 0 Å². The Morgan fingerprint density at radius 2 is 1.66 bits per heavy atom. The fraction of sp³-hybridized carbons (Fsp3) is 0.583. The molecule has 1 fully saturated rings. The standard InChI is InChI=1S/C24H35N3O4.HI/c1-4-6-15-27(3,16-7-5-2)18-22(29)25-20-13-14-23(30)26(24(20)31)17-21(28)19-11-9-8-10-12-19;/h8-12,20H,4-7,13-18H2,1-3H3;1H. The molecule has 2 rings (SSSR count). The van der Waals surface area contributed by atoms with Gasteiger partial charge in [0.25, 0.3) is 11.8 Å². The minimum atomic E-state index is -0.764. The average Bonchev–Trinajstić information content (AvgIpc) is 2.76. The van der Waals surface area contributed by atoms with Crippen molar-refractivity contribution in [2.75, 3.05) is 33.2 Å². The molecular formula is C24H36IN3O4. The maximum atomic E-state index is 12.9. The Bertz CT molecular complexity index is 777. The van der Waals surface area contributed by atoms with E-state index in [1.807, 2.05) is 0 Å². The molecule has 1 aliphatic rings. The number of Topliss-reactive ketones (excluding diaryl/α,β-unsaturated/α-hetero) is 1. The molecule has 8 heteroatoms. The Kier molecular flexibility index (Phi) is 12.1. The highest BCUT2D eigenvalue weighted by molar-refractivity contribution is 6.07. The van der Waals surface area contributed by atoms with E-state index in [0.29, 0.717) is 16.6 Å². The quantitative estimate of drug-likeness (QED) is 0.164. The molecule has 32 heavy (non-hydrogen) atoms. The summed E-state index contributed by atoms with van der Waals surface area (Å²) in [5.74, 6) is -1.34. The van der Waals surface area contributed by atoms with Gasteiger partial charge in [-0.1, -0.05) is 57.0 Å². The van der Waals surface area contributed by atoms with Crippen molar-refractivity contribution < 1.29 is 47.6 Å². The number of carbonyl (C=O) groups excluding carboxylic acids is 4. The molecule has 0 saturated carbocycles. The second-order valence-corrected chi connectivity index (χ2v) is 8.70. The van der Waals surface area contributed by atoms with E-state index in [9.17, 15) is 19.2 Å². The van der Waals surface area contributed by atoms with Crippen molar-refractivity contribution in [3.8, 4) is 0 Å². The molecule has 0 spiro atoms. The first-order chi connectivity index (χ1) is 14.8. The van der Waals surface area contributed by atoms with Crippen molar-refractivity contribution in [3.05, 3.63) is 35.9 Å². The van der Waals surface area contributed by atoms with Crippen molar-refractivity contribution in [2.24, 2.45) is 0 Å². The Hall–Kier alpha value is -1.81. The largest absolute Gasteiger partial charge is 1.00 e. The van der Waals surface area contributed by atoms with Crippen LogP contribution in [0.2, 0.25) is 0 Å². The maximum Gasteiger partial charge on any atom is 0.275 e. The lowest BCUT2D eigenvalue weighted by atomic mass is 10.0. The first-order valence-corrected chi connectivity index (χ1v) is 11.3. The molecule has 0 aromatic heterocycles. The number of unbranched alkanes of at least 4 members (excludes halogenated alkanes) is 2. The topological polar surface area (TPSA) is 83.6 Å². The molecule has 0 radical (unpaired) electrons. The molecule has 0 bridgehead atoms. The highest BCUT2D eigenvalue weighted by Gasteiger charge is 2.37. The summed E-state index contributed by atoms with van der Waals surface area (Å²) in [6.07, 6.45) is 4.62. The lowest BCUT2D eigenvalue weighted by molar-refractivity contribution is -0.902. The van der Waals surface area contributed by atoms with Gasteiger partial charge in [-0.05, 0) is 19.3 Å². The van der Waals surface area contributed by atoms with Crippen LogP contribution in [0.25, 0.3) is 0 Å². The normalized spacial score (nSPS) is 16.5. The number of ketones is 1. The van der Waals surface area contributed by atoms with Crippen molar-refractivity contribution in [3.63, 3.8) is 0 Å². The number of likely N-dealkylation sites (N-methyl/N-ethyl adjacent to an activating group) is 1. The smallest absolute Gasteiger partial charge is 0.275 e. The van der Waals surface area contributed by atoms with Gasteiger partial charge in [0.15, 0.2) is 12.3 Å². The third-order valence-electron chi connectivity index (χ3n) is 5.87. The van der Waals surface area contributed by atoms with E-state index in [0.717, 1.165) is 43.7 Å². The van der Waals surface area contributed by atoms with Gasteiger partial charge >= 0.3 is 0 Å². The number of nitrogens with one attached hydrogen (secondary N) is 1. The summed E-state index contributed by atoms with van der Waals surface area (Å²) >= 11 is 0. The lowest BCUT2D eigenvalue weighted by Gasteiger charge is -2.35. The Labute approximate surface area is 208 Å². The molecule has 1 atom stereocenters. The van der Waals surface area contributed by atoms with Crippen molar-refractivity contribution in [1.82, 2.24) is 10.2 Å². The molecule has 7 nitrogen and oxygen atoms in total. The van der Waals surface area contributed by atoms with Crippen LogP contribution >= 0.6 is 0 Å². The first kappa shape index (κ1) is 28.2. The summed E-state index contributed by atoms with van der Waals surface area (Å²) in [4.78, 5) is 51.4. The van der Waals surface area contributed by atoms with Gasteiger partial charge in [-0.15, -0.1) is 0 Å². The van der Waals surface area contributed by atoms with Crippen LogP contribution in [-0.4, -0.2) is 72.2 Å². The molecule has 1 aromatic rings. The summed E-state index contributed by atoms with van der Waals surface area (Å²) < 4.78 is 0.642. The molecular weight excluding hydrogens is 521 g/mol. The maximum absolute atomic E-state index is 12.9. The van der Waals surface area contributed by atoms with Gasteiger partial charge in [0.1, 0.15) is 6.04 Å². The van der Waals surface area contributed by atoms with Gasteiger partial charge in [0.05, 0.1) is 26.7 Å². The summed E-state index contributed by atoms with van der Waals surface area (Å²) in [5, 5.41) is 2.83. The van der Waals surface area contributed by atoms with E-state index in [4.69, 9.17) is 0 Å². The highest BCUT2D eigenvalue weighted by atomic mass is 127. The minimum absolute atomic E-state index is 0. The lowest BCUT2D eigenvalue weighted by Crippen LogP contribution is -3.00. The third-order valence-corrected chi connectivity index (χ3v) is 5.87. The van der Waals surface area contributed by atoms with Crippen molar-refractivity contribution >= 4 is 23.5 Å². The van der Waals surface area contributed by atoms with E-state index in [2.05, 4.69) is 26.2 Å². The van der Waals surface area contributed by atoms with E-state index in [1.54, 1.807) is 30.3 Å². The molecule has 1 heterocycles. The molecule has 1 aromatic carbocycles. The predicted octanol–water partition coefficient (Wildman–Crippen LogP) is -0.446. The number of halogens is 1. The zero-order valence-corrected chi connectivity index (χ0v) is 21.6. The Morgan fingerprint density at radius 3 is 2.22 bits per heavy atom. The zero-order valence-electron chi connectivity index (χ0n) is 19.4. The summed E-state index contributed by atoms with van der Waals surface area (Å²) in [5.41, 5.74) is 0.453. The summed E-state index contributed by atoms with van der Waals surface area (Å²) in [7, 11) is 2.09. The zero-order chi connectivity index (χ0) is 22.9. The molecule has 178 valence electrons. The second kappa shape index (κ2) is 13.7. The molecule has 1 N–H and O–H groups in total. The number of amides is 3. The van der Waals surface area contributed by atoms with Crippen LogP contribution < -0.4 is 29.3 Å².